The summed E-state index contributed by atoms with van der Waals surface area (Å²) < 4.78 is 7.41. The van der Waals surface area contributed by atoms with E-state index in [1.54, 1.807) is 12.4 Å². The Bertz CT molecular complexity index is 1260. The van der Waals surface area contributed by atoms with E-state index in [0.717, 1.165) is 42.5 Å². The Morgan fingerprint density at radius 1 is 1.03 bits per heavy atom. The highest BCUT2D eigenvalue weighted by Crippen LogP contribution is 2.25. The summed E-state index contributed by atoms with van der Waals surface area (Å²) in [5.41, 5.74) is 2.56. The van der Waals surface area contributed by atoms with Gasteiger partial charge in [-0.1, -0.05) is 0 Å². The Kier molecular flexibility index (Phi) is 6.13. The van der Waals surface area contributed by atoms with E-state index >= 15 is 0 Å². The van der Waals surface area contributed by atoms with E-state index in [9.17, 15) is 0 Å². The van der Waals surface area contributed by atoms with Crippen LogP contribution in [-0.4, -0.2) is 68.6 Å². The number of nitrogens with one attached hydrogen (secondary N) is 2. The second kappa shape index (κ2) is 9.52. The van der Waals surface area contributed by atoms with E-state index < -0.39 is 0 Å². The van der Waals surface area contributed by atoms with E-state index in [-0.39, 0.29) is 0 Å². The highest BCUT2D eigenvalue weighted by molar-refractivity contribution is 5.66. The van der Waals surface area contributed by atoms with Crippen LogP contribution in [0.5, 0.6) is 5.88 Å². The largest absolute Gasteiger partial charge is 0.478 e. The zero-order valence-electron chi connectivity index (χ0n) is 19.6. The molecule has 0 saturated carbocycles. The summed E-state index contributed by atoms with van der Waals surface area (Å²) in [6.07, 6.45) is 7.39. The van der Waals surface area contributed by atoms with Crippen LogP contribution in [-0.2, 0) is 0 Å². The average Bonchev–Trinajstić information content (AvgIpc) is 3.30. The van der Waals surface area contributed by atoms with Crippen molar-refractivity contribution in [2.24, 2.45) is 0 Å². The number of imidazole rings is 1. The molecule has 5 heterocycles. The van der Waals surface area contributed by atoms with Crippen LogP contribution in [0.15, 0.2) is 55.1 Å². The van der Waals surface area contributed by atoms with Gasteiger partial charge in [0.25, 0.3) is 0 Å². The molecule has 0 radical (unpaired) electrons. The molecule has 10 nitrogen and oxygen atoms in total. The van der Waals surface area contributed by atoms with Crippen LogP contribution >= 0.6 is 0 Å². The van der Waals surface area contributed by atoms with Gasteiger partial charge in [-0.05, 0) is 33.0 Å². The van der Waals surface area contributed by atoms with Crippen molar-refractivity contribution < 1.29 is 4.74 Å². The number of rotatable bonds is 7. The minimum absolute atomic E-state index is 0.440. The van der Waals surface area contributed by atoms with Crippen LogP contribution in [0.4, 0.5) is 29.0 Å². The molecule has 4 aromatic rings. The zero-order valence-corrected chi connectivity index (χ0v) is 19.6. The van der Waals surface area contributed by atoms with Gasteiger partial charge in [0.2, 0.25) is 11.8 Å². The normalized spacial score (nSPS) is 16.6. The molecule has 0 aromatic carbocycles. The summed E-state index contributed by atoms with van der Waals surface area (Å²) in [4.78, 5) is 22.9. The summed E-state index contributed by atoms with van der Waals surface area (Å²) >= 11 is 0. The van der Waals surface area contributed by atoms with Crippen LogP contribution in [0.1, 0.15) is 13.8 Å². The number of pyridine rings is 2. The maximum absolute atomic E-state index is 5.44. The van der Waals surface area contributed by atoms with Gasteiger partial charge in [0.15, 0.2) is 0 Å². The first-order valence-corrected chi connectivity index (χ1v) is 11.5. The fraction of sp³-hybridized carbons (Fsp3) is 0.333. The molecule has 10 heteroatoms. The monoisotopic (exact) mass is 459 g/mol. The molecule has 1 aliphatic heterocycles. The molecule has 0 spiro atoms. The molecule has 2 N–H and O–H groups in total. The second-order valence-corrected chi connectivity index (χ2v) is 8.39. The van der Waals surface area contributed by atoms with Crippen molar-refractivity contribution in [1.82, 2.24) is 29.2 Å². The minimum atomic E-state index is 0.440. The lowest BCUT2D eigenvalue weighted by Crippen LogP contribution is -2.50. The lowest BCUT2D eigenvalue weighted by atomic mass is 10.2. The van der Waals surface area contributed by atoms with Crippen LogP contribution in [0.2, 0.25) is 0 Å². The number of likely N-dealkylation sites (N-methyl/N-ethyl adjacent to an activating group) is 1. The van der Waals surface area contributed by atoms with Gasteiger partial charge in [-0.25, -0.2) is 9.97 Å². The van der Waals surface area contributed by atoms with Crippen molar-refractivity contribution in [1.29, 1.82) is 0 Å². The Balaban J connectivity index is 1.44. The quantitative estimate of drug-likeness (QED) is 0.430. The van der Waals surface area contributed by atoms with Gasteiger partial charge in [-0.15, -0.1) is 0 Å². The van der Waals surface area contributed by atoms with E-state index in [2.05, 4.69) is 44.4 Å². The van der Waals surface area contributed by atoms with Crippen molar-refractivity contribution in [3.63, 3.8) is 0 Å². The third-order valence-electron chi connectivity index (χ3n) is 5.95. The maximum Gasteiger partial charge on any atom is 0.231 e. The molecule has 1 saturated heterocycles. The molecule has 1 aliphatic rings. The lowest BCUT2D eigenvalue weighted by molar-refractivity contribution is 0.233. The summed E-state index contributed by atoms with van der Waals surface area (Å²) in [5, 5.41) is 6.71. The van der Waals surface area contributed by atoms with Crippen molar-refractivity contribution in [3.05, 3.63) is 55.1 Å². The van der Waals surface area contributed by atoms with Gasteiger partial charge < -0.3 is 29.6 Å². The number of anilines is 5. The Morgan fingerprint density at radius 2 is 1.94 bits per heavy atom. The molecule has 176 valence electrons. The van der Waals surface area contributed by atoms with Gasteiger partial charge in [0, 0.05) is 68.2 Å². The molecule has 0 bridgehead atoms. The second-order valence-electron chi connectivity index (χ2n) is 8.39. The molecular weight excluding hydrogens is 430 g/mol. The lowest BCUT2D eigenvalue weighted by Gasteiger charge is -2.38. The number of aromatic nitrogens is 5. The van der Waals surface area contributed by atoms with Crippen LogP contribution in [0, 0.1) is 0 Å². The van der Waals surface area contributed by atoms with Gasteiger partial charge in [-0.2, -0.15) is 9.97 Å². The molecule has 0 amide bonds. The van der Waals surface area contributed by atoms with E-state index in [1.165, 1.54) is 0 Å². The topological polar surface area (TPSA) is 95.7 Å². The predicted octanol–water partition coefficient (Wildman–Crippen LogP) is 3.55. The minimum Gasteiger partial charge on any atom is -0.478 e. The van der Waals surface area contributed by atoms with Crippen LogP contribution in [0.3, 0.4) is 0 Å². The summed E-state index contributed by atoms with van der Waals surface area (Å²) in [6, 6.07) is 10.2. The smallest absolute Gasteiger partial charge is 0.231 e. The average molecular weight is 460 g/mol. The van der Waals surface area contributed by atoms with E-state index in [1.807, 2.05) is 54.0 Å². The summed E-state index contributed by atoms with van der Waals surface area (Å²) in [6.45, 7) is 7.53. The highest BCUT2D eigenvalue weighted by Gasteiger charge is 2.22. The third-order valence-corrected chi connectivity index (χ3v) is 5.95. The fourth-order valence-electron chi connectivity index (χ4n) is 3.93. The molecule has 1 fully saturated rings. The Hall–Kier alpha value is -3.92. The molecule has 1 atom stereocenters. The number of hydrogen-bond acceptors (Lipinski definition) is 9. The van der Waals surface area contributed by atoms with Crippen molar-refractivity contribution in [3.8, 4) is 5.88 Å². The van der Waals surface area contributed by atoms with Crippen molar-refractivity contribution in [2.45, 2.75) is 19.9 Å². The first-order valence-electron chi connectivity index (χ1n) is 11.5. The number of hydrogen-bond donors (Lipinski definition) is 2. The first-order chi connectivity index (χ1) is 16.6. The summed E-state index contributed by atoms with van der Waals surface area (Å²) in [5.74, 6) is 2.67. The van der Waals surface area contributed by atoms with Crippen molar-refractivity contribution in [2.75, 3.05) is 48.8 Å². The predicted molar refractivity (Wildman–Crippen MR) is 134 cm³/mol. The van der Waals surface area contributed by atoms with Gasteiger partial charge in [0.1, 0.15) is 17.3 Å². The van der Waals surface area contributed by atoms with Gasteiger partial charge in [0.05, 0.1) is 18.5 Å². The number of fused-ring (bicyclic) bond motifs is 1. The zero-order chi connectivity index (χ0) is 23.5. The number of ether oxygens (including phenoxy) is 1. The molecule has 0 aliphatic carbocycles. The summed E-state index contributed by atoms with van der Waals surface area (Å²) in [7, 11) is 2.16. The van der Waals surface area contributed by atoms with Gasteiger partial charge >= 0.3 is 0 Å². The Morgan fingerprint density at radius 3 is 2.74 bits per heavy atom. The molecule has 34 heavy (non-hydrogen) atoms. The number of nitrogens with zero attached hydrogens (tertiary/aromatic N) is 7. The number of piperazine rings is 1. The first kappa shape index (κ1) is 21.9. The van der Waals surface area contributed by atoms with E-state index in [4.69, 9.17) is 14.7 Å². The van der Waals surface area contributed by atoms with Crippen LogP contribution < -0.4 is 20.3 Å². The van der Waals surface area contributed by atoms with E-state index in [0.29, 0.717) is 30.3 Å². The van der Waals surface area contributed by atoms with Gasteiger partial charge in [-0.3, -0.25) is 0 Å². The standard InChI is InChI=1S/C24H29N9O/c1-4-34-23-6-5-19(15-26-23)28-24-29-20(27-18-7-9-32-10-8-25-21(32)13-18)14-22(30-24)33-12-11-31(3)17(2)16-33/h5-10,13-15,17H,4,11-12,16H2,1-3H3,(H2,27,28,29,30)/t17-/m0/s1. The molecule has 4 aromatic heterocycles. The molecule has 5 rings (SSSR count). The highest BCUT2D eigenvalue weighted by atomic mass is 16.5. The third kappa shape index (κ3) is 4.86. The molecular formula is C24H29N9O. The van der Waals surface area contributed by atoms with Crippen molar-refractivity contribution >= 4 is 34.6 Å². The maximum atomic E-state index is 5.44. The molecule has 0 unspecified atom stereocenters. The Labute approximate surface area is 198 Å². The fourth-order valence-corrected chi connectivity index (χ4v) is 3.93. The van der Waals surface area contributed by atoms with Crippen LogP contribution in [0.25, 0.3) is 5.65 Å². The SMILES string of the molecule is CCOc1ccc(Nc2nc(Nc3ccn4ccnc4c3)cc(N3CCN(C)[C@@H](C)C3)n2)cn1.